The van der Waals surface area contributed by atoms with E-state index in [2.05, 4.69) is 0 Å². The molecule has 11 heteroatoms. The van der Waals surface area contributed by atoms with Gasteiger partial charge in [0.15, 0.2) is 16.3 Å². The zero-order chi connectivity index (χ0) is 30.0. The molecule has 0 amide bonds. The highest BCUT2D eigenvalue weighted by molar-refractivity contribution is 7.07. The molecular formula is C31H25Cl3N2O5S. The molecule has 5 rings (SSSR count). The van der Waals surface area contributed by atoms with E-state index in [-0.39, 0.29) is 12.2 Å². The zero-order valence-electron chi connectivity index (χ0n) is 22.8. The molecule has 4 aromatic rings. The first-order valence-electron chi connectivity index (χ1n) is 12.9. The third-order valence-electron chi connectivity index (χ3n) is 6.68. The quantitative estimate of drug-likeness (QED) is 0.209. The Morgan fingerprint density at radius 1 is 1.02 bits per heavy atom. The van der Waals surface area contributed by atoms with Crippen LogP contribution in [0.2, 0.25) is 15.1 Å². The fourth-order valence-electron chi connectivity index (χ4n) is 4.71. The minimum absolute atomic E-state index is 0.187. The van der Waals surface area contributed by atoms with Gasteiger partial charge in [-0.3, -0.25) is 9.36 Å². The number of benzene rings is 3. The summed E-state index contributed by atoms with van der Waals surface area (Å²) in [6.45, 7) is 2.10. The molecule has 216 valence electrons. The van der Waals surface area contributed by atoms with E-state index < -0.39 is 12.0 Å². The van der Waals surface area contributed by atoms with Crippen molar-refractivity contribution >= 4 is 58.2 Å². The summed E-state index contributed by atoms with van der Waals surface area (Å²) >= 11 is 20.0. The highest BCUT2D eigenvalue weighted by Gasteiger charge is 2.33. The molecule has 0 unspecified atom stereocenters. The molecule has 0 spiro atoms. The van der Waals surface area contributed by atoms with Crippen molar-refractivity contribution in [2.75, 3.05) is 14.2 Å². The van der Waals surface area contributed by atoms with Crippen LogP contribution in [0.25, 0.3) is 6.08 Å². The van der Waals surface area contributed by atoms with Crippen molar-refractivity contribution in [3.8, 4) is 11.5 Å². The summed E-state index contributed by atoms with van der Waals surface area (Å²) in [5.74, 6) is 0.222. The molecular weight excluding hydrogens is 619 g/mol. The molecule has 1 aliphatic rings. The van der Waals surface area contributed by atoms with Gasteiger partial charge in [0.25, 0.3) is 5.56 Å². The summed E-state index contributed by atoms with van der Waals surface area (Å²) in [5.41, 5.74) is 2.84. The third-order valence-corrected chi connectivity index (χ3v) is 8.69. The SMILES string of the molecule is CCC1=C(C(=O)OC)[C@H](c2ccccc2)n2c(s/c(=C\c3cc(Cl)c(OCc4ccc(Cl)c(Cl)c4)c(OC)c3)c2=O)=N1. The standard InChI is InChI=1S/C31H25Cl3N2O5S/c1-4-23-26(30(38)40-3)27(19-8-6-5-7-9-19)36-29(37)25(42-31(36)35-23)15-18-13-22(34)28(24(14-18)39-2)41-16-17-10-11-20(32)21(33)12-17/h5-15,27H,4,16H2,1-3H3/b25-15-/t27-/m0/s1. The minimum atomic E-state index is -0.678. The van der Waals surface area contributed by atoms with Crippen LogP contribution in [0, 0.1) is 0 Å². The van der Waals surface area contributed by atoms with Gasteiger partial charge in [0.2, 0.25) is 0 Å². The Morgan fingerprint density at radius 2 is 1.79 bits per heavy atom. The lowest BCUT2D eigenvalue weighted by molar-refractivity contribution is -0.136. The number of allylic oxidation sites excluding steroid dienone is 1. The van der Waals surface area contributed by atoms with E-state index in [4.69, 9.17) is 54.0 Å². The monoisotopic (exact) mass is 642 g/mol. The molecule has 1 atom stereocenters. The largest absolute Gasteiger partial charge is 0.493 e. The van der Waals surface area contributed by atoms with Gasteiger partial charge in [-0.15, -0.1) is 0 Å². The molecule has 0 saturated heterocycles. The molecule has 0 radical (unpaired) electrons. The zero-order valence-corrected chi connectivity index (χ0v) is 25.9. The predicted molar refractivity (Wildman–Crippen MR) is 166 cm³/mol. The van der Waals surface area contributed by atoms with Crippen molar-refractivity contribution in [1.29, 1.82) is 0 Å². The van der Waals surface area contributed by atoms with Gasteiger partial charge in [-0.2, -0.15) is 0 Å². The van der Waals surface area contributed by atoms with Gasteiger partial charge in [0.05, 0.1) is 51.1 Å². The number of hydrogen-bond donors (Lipinski definition) is 0. The topological polar surface area (TPSA) is 79.1 Å². The molecule has 3 aromatic carbocycles. The molecule has 0 saturated carbocycles. The molecule has 1 aromatic heterocycles. The second-order valence-electron chi connectivity index (χ2n) is 9.27. The van der Waals surface area contributed by atoms with E-state index >= 15 is 0 Å². The van der Waals surface area contributed by atoms with Gasteiger partial charge in [-0.1, -0.05) is 89.5 Å². The van der Waals surface area contributed by atoms with Crippen LogP contribution >= 0.6 is 46.1 Å². The Kier molecular flexibility index (Phi) is 9.08. The first-order chi connectivity index (χ1) is 20.2. The smallest absolute Gasteiger partial charge is 0.338 e. The number of esters is 1. The molecule has 1 aliphatic heterocycles. The average Bonchev–Trinajstić information content (AvgIpc) is 3.31. The van der Waals surface area contributed by atoms with Crippen LogP contribution in [0.4, 0.5) is 0 Å². The summed E-state index contributed by atoms with van der Waals surface area (Å²) in [5, 5.41) is 1.18. The minimum Gasteiger partial charge on any atom is -0.493 e. The van der Waals surface area contributed by atoms with Crippen molar-refractivity contribution in [2.45, 2.75) is 26.0 Å². The van der Waals surface area contributed by atoms with Crippen molar-refractivity contribution in [3.63, 3.8) is 0 Å². The maximum Gasteiger partial charge on any atom is 0.338 e. The van der Waals surface area contributed by atoms with Crippen LogP contribution < -0.4 is 24.4 Å². The fraction of sp³-hybridized carbons (Fsp3) is 0.194. The van der Waals surface area contributed by atoms with E-state index in [1.54, 1.807) is 41.0 Å². The van der Waals surface area contributed by atoms with Crippen molar-refractivity contribution in [3.05, 3.63) is 123 Å². The molecule has 0 aliphatic carbocycles. The summed E-state index contributed by atoms with van der Waals surface area (Å²) in [6.07, 6.45) is 2.21. The number of fused-ring (bicyclic) bond motifs is 1. The molecule has 0 bridgehead atoms. The maximum atomic E-state index is 13.9. The number of hydrogen-bond acceptors (Lipinski definition) is 7. The van der Waals surface area contributed by atoms with Crippen molar-refractivity contribution < 1.29 is 19.0 Å². The fourth-order valence-corrected chi connectivity index (χ4v) is 6.33. The maximum absolute atomic E-state index is 13.9. The number of carbonyl (C=O) groups excluding carboxylic acids is 1. The highest BCUT2D eigenvalue weighted by Crippen LogP contribution is 2.37. The first-order valence-corrected chi connectivity index (χ1v) is 14.8. The van der Waals surface area contributed by atoms with Gasteiger partial charge in [0.1, 0.15) is 6.61 Å². The number of nitrogens with zero attached hydrogens (tertiary/aromatic N) is 2. The lowest BCUT2D eigenvalue weighted by Crippen LogP contribution is -2.40. The van der Waals surface area contributed by atoms with Crippen molar-refractivity contribution in [1.82, 2.24) is 4.57 Å². The Balaban J connectivity index is 1.57. The number of rotatable bonds is 8. The number of methoxy groups -OCH3 is 2. The second-order valence-corrected chi connectivity index (χ2v) is 11.5. The van der Waals surface area contributed by atoms with Crippen LogP contribution in [0.1, 0.15) is 36.1 Å². The first kappa shape index (κ1) is 29.9. The van der Waals surface area contributed by atoms with Crippen LogP contribution in [0.5, 0.6) is 11.5 Å². The van der Waals surface area contributed by atoms with Crippen LogP contribution in [-0.4, -0.2) is 24.8 Å². The molecule has 0 N–H and O–H groups in total. The normalized spacial score (nSPS) is 14.8. The van der Waals surface area contributed by atoms with Gasteiger partial charge in [0, 0.05) is 0 Å². The van der Waals surface area contributed by atoms with E-state index in [9.17, 15) is 9.59 Å². The van der Waals surface area contributed by atoms with Gasteiger partial charge < -0.3 is 14.2 Å². The van der Waals surface area contributed by atoms with Gasteiger partial charge in [-0.05, 0) is 53.5 Å². The Morgan fingerprint density at radius 3 is 2.45 bits per heavy atom. The van der Waals surface area contributed by atoms with E-state index in [0.717, 1.165) is 11.1 Å². The van der Waals surface area contributed by atoms with Crippen molar-refractivity contribution in [2.24, 2.45) is 4.99 Å². The summed E-state index contributed by atoms with van der Waals surface area (Å²) < 4.78 is 18.6. The number of halogens is 3. The van der Waals surface area contributed by atoms with Gasteiger partial charge in [-0.25, -0.2) is 9.79 Å². The number of carbonyl (C=O) groups is 1. The summed E-state index contributed by atoms with van der Waals surface area (Å²) in [7, 11) is 2.83. The molecule has 7 nitrogen and oxygen atoms in total. The highest BCUT2D eigenvalue weighted by atomic mass is 35.5. The lowest BCUT2D eigenvalue weighted by atomic mass is 9.95. The summed E-state index contributed by atoms with van der Waals surface area (Å²) in [4.78, 5) is 32.0. The average molecular weight is 644 g/mol. The Hall–Kier alpha value is -3.56. The number of thiazole rings is 1. The lowest BCUT2D eigenvalue weighted by Gasteiger charge is -2.25. The number of aromatic nitrogens is 1. The Bertz CT molecular complexity index is 1880. The van der Waals surface area contributed by atoms with Crippen LogP contribution in [0.3, 0.4) is 0 Å². The predicted octanol–water partition coefficient (Wildman–Crippen LogP) is 6.35. The van der Waals surface area contributed by atoms with Crippen LogP contribution in [-0.2, 0) is 16.1 Å². The van der Waals surface area contributed by atoms with E-state index in [1.807, 2.05) is 37.3 Å². The third kappa shape index (κ3) is 5.85. The second kappa shape index (κ2) is 12.8. The van der Waals surface area contributed by atoms with E-state index in [0.29, 0.717) is 59.2 Å². The number of ether oxygens (including phenoxy) is 3. The Labute approximate surface area is 260 Å². The van der Waals surface area contributed by atoms with E-state index in [1.165, 1.54) is 25.6 Å². The molecule has 2 heterocycles. The molecule has 42 heavy (non-hydrogen) atoms. The van der Waals surface area contributed by atoms with Gasteiger partial charge >= 0.3 is 5.97 Å². The van der Waals surface area contributed by atoms with Crippen LogP contribution in [0.15, 0.2) is 81.7 Å². The molecule has 0 fully saturated rings. The summed E-state index contributed by atoms with van der Waals surface area (Å²) in [6, 6.07) is 17.3.